The van der Waals surface area contributed by atoms with Crippen LogP contribution in [-0.4, -0.2) is 37.4 Å². The van der Waals surface area contributed by atoms with Gasteiger partial charge in [-0.05, 0) is 37.1 Å². The van der Waals surface area contributed by atoms with Crippen LogP contribution in [0.3, 0.4) is 0 Å². The molecule has 0 heterocycles. The van der Waals surface area contributed by atoms with Crippen molar-refractivity contribution in [1.82, 2.24) is 10.6 Å². The normalized spacial score (nSPS) is 9.15. The molecule has 0 aromatic heterocycles. The second kappa shape index (κ2) is 14.6. The molecule has 0 radical (unpaired) electrons. The number of hydrogen-bond acceptors (Lipinski definition) is 5. The molecule has 0 spiro atoms. The number of urea groups is 1. The van der Waals surface area contributed by atoms with Gasteiger partial charge < -0.3 is 16.0 Å². The molecule has 0 fully saturated rings. The van der Waals surface area contributed by atoms with E-state index in [9.17, 15) is 14.4 Å². The Morgan fingerprint density at radius 2 is 1.65 bits per heavy atom. The van der Waals surface area contributed by atoms with E-state index < -0.39 is 5.91 Å². The van der Waals surface area contributed by atoms with Crippen molar-refractivity contribution in [3.63, 3.8) is 0 Å². The van der Waals surface area contributed by atoms with E-state index in [-0.39, 0.29) is 18.2 Å². The lowest BCUT2D eigenvalue weighted by atomic mass is 10.1. The Hall–Kier alpha value is -2.70. The van der Waals surface area contributed by atoms with Crippen LogP contribution in [0.25, 0.3) is 0 Å². The molecule has 26 heavy (non-hydrogen) atoms. The van der Waals surface area contributed by atoms with Crippen LogP contribution in [0, 0.1) is 5.41 Å². The van der Waals surface area contributed by atoms with Crippen LogP contribution >= 0.6 is 11.6 Å². The number of rotatable bonds is 9. The summed E-state index contributed by atoms with van der Waals surface area (Å²) < 4.78 is 0. The van der Waals surface area contributed by atoms with Crippen LogP contribution in [0.2, 0.25) is 5.02 Å². The second-order valence-corrected chi connectivity index (χ2v) is 5.59. The van der Waals surface area contributed by atoms with E-state index in [2.05, 4.69) is 16.0 Å². The van der Waals surface area contributed by atoms with Crippen molar-refractivity contribution in [2.24, 2.45) is 0 Å². The van der Waals surface area contributed by atoms with Gasteiger partial charge >= 0.3 is 6.03 Å². The lowest BCUT2D eigenvalue weighted by molar-refractivity contribution is -0.137. The number of carbonyl (C=O) groups excluding carboxylic acids is 4. The molecule has 3 amide bonds. The van der Waals surface area contributed by atoms with Crippen molar-refractivity contribution in [3.8, 4) is 0 Å². The minimum absolute atomic E-state index is 0.262. The highest BCUT2D eigenvalue weighted by atomic mass is 35.5. The maximum absolute atomic E-state index is 11.6. The molecule has 0 aliphatic heterocycles. The number of carbonyl (C=O) groups is 3. The number of Topliss-reactive ketones (excluding diaryl/α,β-unsaturated/α-hetero) is 1. The summed E-state index contributed by atoms with van der Waals surface area (Å²) in [6.45, 7) is 0.558. The van der Waals surface area contributed by atoms with Crippen LogP contribution in [-0.2, 0) is 14.4 Å². The minimum atomic E-state index is -0.537. The standard InChI is InChI=1S/C16H22ClN3O3.CHNO/c1-18-15(22)14(21)6-4-2-3-5-11-19-16(23)20-13-9-7-12(17)8-10-13;2-1-3/h7-10H,2-6,11H2,1H3,(H,18,22)(H2,19,20,23);2H. The molecular weight excluding hydrogens is 360 g/mol. The summed E-state index contributed by atoms with van der Waals surface area (Å²) in [5, 5.41) is 13.8. The fraction of sp³-hybridized carbons (Fsp3) is 0.412. The monoisotopic (exact) mass is 382 g/mol. The van der Waals surface area contributed by atoms with Crippen molar-refractivity contribution in [1.29, 1.82) is 5.41 Å². The molecule has 0 saturated carbocycles. The first kappa shape index (κ1) is 23.3. The van der Waals surface area contributed by atoms with Gasteiger partial charge in [0.25, 0.3) is 5.91 Å². The van der Waals surface area contributed by atoms with Crippen LogP contribution < -0.4 is 16.0 Å². The number of likely N-dealkylation sites (N-methyl/N-ethyl adjacent to an activating group) is 1. The topological polar surface area (TPSA) is 128 Å². The van der Waals surface area contributed by atoms with E-state index in [1.807, 2.05) is 0 Å². The number of benzene rings is 1. The van der Waals surface area contributed by atoms with E-state index in [4.69, 9.17) is 21.8 Å². The Labute approximate surface area is 157 Å². The highest BCUT2D eigenvalue weighted by Gasteiger charge is 2.09. The number of halogens is 1. The number of amides is 3. The molecule has 0 unspecified atom stereocenters. The molecule has 0 bridgehead atoms. The van der Waals surface area contributed by atoms with E-state index in [0.29, 0.717) is 23.7 Å². The summed E-state index contributed by atoms with van der Waals surface area (Å²) in [4.78, 5) is 42.2. The first-order valence-corrected chi connectivity index (χ1v) is 8.41. The van der Waals surface area contributed by atoms with Crippen molar-refractivity contribution < 1.29 is 19.2 Å². The fourth-order valence-electron chi connectivity index (χ4n) is 1.93. The predicted molar refractivity (Wildman–Crippen MR) is 99.0 cm³/mol. The third-order valence-electron chi connectivity index (χ3n) is 3.20. The van der Waals surface area contributed by atoms with Crippen LogP contribution in [0.4, 0.5) is 10.5 Å². The van der Waals surface area contributed by atoms with Gasteiger partial charge in [0.2, 0.25) is 11.9 Å². The number of hydrogen-bond donors (Lipinski definition) is 4. The van der Waals surface area contributed by atoms with Crippen LogP contribution in [0.5, 0.6) is 0 Å². The van der Waals surface area contributed by atoms with Crippen molar-refractivity contribution in [3.05, 3.63) is 29.3 Å². The van der Waals surface area contributed by atoms with Crippen molar-refractivity contribution in [2.45, 2.75) is 32.1 Å². The largest absolute Gasteiger partial charge is 0.353 e. The van der Waals surface area contributed by atoms with Crippen molar-refractivity contribution >= 4 is 41.1 Å². The SMILES string of the molecule is CNC(=O)C(=O)CCCCCCNC(=O)Nc1ccc(Cl)cc1.N=C=O. The molecule has 0 aliphatic carbocycles. The molecule has 0 atom stereocenters. The zero-order chi connectivity index (χ0) is 19.8. The van der Waals surface area contributed by atoms with E-state index in [1.54, 1.807) is 24.3 Å². The molecule has 1 aromatic carbocycles. The Balaban J connectivity index is 0.00000194. The van der Waals surface area contributed by atoms with Gasteiger partial charge in [-0.1, -0.05) is 24.4 Å². The lowest BCUT2D eigenvalue weighted by Crippen LogP contribution is -2.29. The molecule has 1 rings (SSSR count). The summed E-state index contributed by atoms with van der Waals surface area (Å²) in [6.07, 6.45) is 4.26. The molecule has 8 nitrogen and oxygen atoms in total. The fourth-order valence-corrected chi connectivity index (χ4v) is 2.05. The van der Waals surface area contributed by atoms with Gasteiger partial charge in [0.05, 0.1) is 0 Å². The zero-order valence-electron chi connectivity index (χ0n) is 14.6. The maximum atomic E-state index is 11.6. The lowest BCUT2D eigenvalue weighted by Gasteiger charge is -2.07. The Bertz CT molecular complexity index is 614. The summed E-state index contributed by atoms with van der Waals surface area (Å²) in [5.41, 5.74) is 0.680. The van der Waals surface area contributed by atoms with Gasteiger partial charge in [0.15, 0.2) is 0 Å². The molecule has 0 aliphatic rings. The van der Waals surface area contributed by atoms with E-state index in [0.717, 1.165) is 25.3 Å². The summed E-state index contributed by atoms with van der Waals surface area (Å²) in [5.74, 6) is -0.918. The first-order chi connectivity index (χ1) is 12.4. The smallest absolute Gasteiger partial charge is 0.319 e. The molecule has 4 N–H and O–H groups in total. The van der Waals surface area contributed by atoms with E-state index >= 15 is 0 Å². The average molecular weight is 383 g/mol. The summed E-state index contributed by atoms with van der Waals surface area (Å²) in [6, 6.07) is 6.60. The zero-order valence-corrected chi connectivity index (χ0v) is 15.3. The average Bonchev–Trinajstić information content (AvgIpc) is 2.62. The highest BCUT2D eigenvalue weighted by Crippen LogP contribution is 2.13. The van der Waals surface area contributed by atoms with Gasteiger partial charge in [-0.25, -0.2) is 15.0 Å². The maximum Gasteiger partial charge on any atom is 0.319 e. The van der Waals surface area contributed by atoms with Crippen molar-refractivity contribution in [2.75, 3.05) is 18.9 Å². The highest BCUT2D eigenvalue weighted by molar-refractivity contribution is 6.36. The van der Waals surface area contributed by atoms with Gasteiger partial charge in [-0.3, -0.25) is 9.59 Å². The molecule has 0 saturated heterocycles. The molecule has 142 valence electrons. The Kier molecular flexibility index (Phi) is 13.1. The quantitative estimate of drug-likeness (QED) is 0.226. The second-order valence-electron chi connectivity index (χ2n) is 5.16. The van der Waals surface area contributed by atoms with Gasteiger partial charge in [0, 0.05) is 30.7 Å². The molecule has 9 heteroatoms. The summed E-state index contributed by atoms with van der Waals surface area (Å²) in [7, 11) is 1.45. The van der Waals surface area contributed by atoms with E-state index in [1.165, 1.54) is 7.05 Å². The number of nitrogens with one attached hydrogen (secondary N) is 4. The van der Waals surface area contributed by atoms with Crippen LogP contribution in [0.1, 0.15) is 32.1 Å². The Morgan fingerprint density at radius 1 is 1.08 bits per heavy atom. The molecular formula is C17H23ClN4O4. The van der Waals surface area contributed by atoms with Gasteiger partial charge in [-0.15, -0.1) is 0 Å². The number of isocyanates is 1. The third kappa shape index (κ3) is 11.8. The third-order valence-corrected chi connectivity index (χ3v) is 3.45. The number of unbranched alkanes of at least 4 members (excludes halogenated alkanes) is 3. The van der Waals surface area contributed by atoms with Gasteiger partial charge in [-0.2, -0.15) is 0 Å². The number of ketones is 1. The first-order valence-electron chi connectivity index (χ1n) is 8.03. The minimum Gasteiger partial charge on any atom is -0.353 e. The summed E-state index contributed by atoms with van der Waals surface area (Å²) >= 11 is 5.77. The van der Waals surface area contributed by atoms with Crippen LogP contribution in [0.15, 0.2) is 24.3 Å². The number of anilines is 1. The molecule has 1 aromatic rings. The predicted octanol–water partition coefficient (Wildman–Crippen LogP) is 2.63. The van der Waals surface area contributed by atoms with Gasteiger partial charge in [0.1, 0.15) is 0 Å². The Morgan fingerprint density at radius 3 is 2.23 bits per heavy atom.